The minimum Gasteiger partial charge on any atom is -0.485 e. The van der Waals surface area contributed by atoms with E-state index in [4.69, 9.17) is 20.1 Å². The van der Waals surface area contributed by atoms with Crippen LogP contribution in [0.3, 0.4) is 0 Å². The highest BCUT2D eigenvalue weighted by Crippen LogP contribution is 2.19. The smallest absolute Gasteiger partial charge is 0.259 e. The average Bonchev–Trinajstić information content (AvgIpc) is 2.91. The van der Waals surface area contributed by atoms with E-state index >= 15 is 0 Å². The molecule has 2 N–H and O–H groups in total. The summed E-state index contributed by atoms with van der Waals surface area (Å²) in [4.78, 5) is 11.0. The highest BCUT2D eigenvalue weighted by molar-refractivity contribution is 6.00. The molecule has 0 aliphatic heterocycles. The Balaban J connectivity index is 2.06. The van der Waals surface area contributed by atoms with Crippen LogP contribution in [0.5, 0.6) is 5.75 Å². The number of amides is 1. The number of hydrogen-bond acceptors (Lipinski definition) is 4. The zero-order valence-corrected chi connectivity index (χ0v) is 11.5. The minimum atomic E-state index is -0.786. The number of carbonyl (C=O) groups is 1. The van der Waals surface area contributed by atoms with Crippen molar-refractivity contribution in [3.8, 4) is 11.8 Å². The lowest BCUT2D eigenvalue weighted by Gasteiger charge is -2.06. The molecule has 5 nitrogen and oxygen atoms in total. The normalized spacial score (nSPS) is 11.0. The standard InChI is InChI=1S/C16H14N2O3/c1-11-4-2-3-5-15(11)20-10-14-7-6-13(21-14)8-12(9-17)16(18)19/h2-8H,10H2,1H3,(H2,18,19). The van der Waals surface area contributed by atoms with E-state index < -0.39 is 5.91 Å². The Morgan fingerprint density at radius 2 is 2.14 bits per heavy atom. The van der Waals surface area contributed by atoms with Crippen LogP contribution in [0.25, 0.3) is 6.08 Å². The van der Waals surface area contributed by atoms with Gasteiger partial charge < -0.3 is 14.9 Å². The Kier molecular flexibility index (Phi) is 4.42. The summed E-state index contributed by atoms with van der Waals surface area (Å²) in [5.41, 5.74) is 5.93. The average molecular weight is 282 g/mol. The van der Waals surface area contributed by atoms with Crippen molar-refractivity contribution in [3.63, 3.8) is 0 Å². The maximum absolute atomic E-state index is 11.0. The molecule has 0 fully saturated rings. The van der Waals surface area contributed by atoms with E-state index in [1.807, 2.05) is 31.2 Å². The van der Waals surface area contributed by atoms with E-state index in [1.54, 1.807) is 18.2 Å². The highest BCUT2D eigenvalue weighted by Gasteiger charge is 2.07. The second-order valence-corrected chi connectivity index (χ2v) is 4.39. The monoisotopic (exact) mass is 282 g/mol. The Bertz CT molecular complexity index is 723. The molecule has 21 heavy (non-hydrogen) atoms. The fourth-order valence-electron chi connectivity index (χ4n) is 1.72. The molecule has 1 aromatic carbocycles. The number of primary amides is 1. The fraction of sp³-hybridized carbons (Fsp3) is 0.125. The lowest BCUT2D eigenvalue weighted by molar-refractivity contribution is -0.114. The first-order valence-electron chi connectivity index (χ1n) is 6.29. The molecule has 0 spiro atoms. The van der Waals surface area contributed by atoms with Crippen LogP contribution in [0.4, 0.5) is 0 Å². The molecule has 0 atom stereocenters. The van der Waals surface area contributed by atoms with Gasteiger partial charge in [0.1, 0.15) is 35.5 Å². The summed E-state index contributed by atoms with van der Waals surface area (Å²) < 4.78 is 11.1. The number of rotatable bonds is 5. The van der Waals surface area contributed by atoms with Crippen LogP contribution in [0, 0.1) is 18.3 Å². The number of ether oxygens (including phenoxy) is 1. The summed E-state index contributed by atoms with van der Waals surface area (Å²) in [5.74, 6) is 0.965. The zero-order chi connectivity index (χ0) is 15.2. The molecule has 0 unspecified atom stereocenters. The highest BCUT2D eigenvalue weighted by atomic mass is 16.5. The molecule has 0 aliphatic rings. The van der Waals surface area contributed by atoms with Crippen molar-refractivity contribution in [3.05, 3.63) is 59.1 Å². The summed E-state index contributed by atoms with van der Waals surface area (Å²) in [6.45, 7) is 2.22. The first-order valence-corrected chi connectivity index (χ1v) is 6.29. The molecule has 0 bridgehead atoms. The summed E-state index contributed by atoms with van der Waals surface area (Å²) in [5, 5.41) is 8.76. The van der Waals surface area contributed by atoms with Gasteiger partial charge in [-0.1, -0.05) is 18.2 Å². The molecule has 2 aromatic rings. The van der Waals surface area contributed by atoms with Crippen molar-refractivity contribution in [2.75, 3.05) is 0 Å². The molecule has 0 saturated carbocycles. The Labute approximate surface area is 122 Å². The number of benzene rings is 1. The third-order valence-electron chi connectivity index (χ3n) is 2.82. The molecular formula is C16H14N2O3. The van der Waals surface area contributed by atoms with Crippen LogP contribution in [-0.4, -0.2) is 5.91 Å². The van der Waals surface area contributed by atoms with Gasteiger partial charge in [0.15, 0.2) is 0 Å². The number of aryl methyl sites for hydroxylation is 1. The van der Waals surface area contributed by atoms with E-state index in [2.05, 4.69) is 0 Å². The van der Waals surface area contributed by atoms with Crippen molar-refractivity contribution in [2.45, 2.75) is 13.5 Å². The van der Waals surface area contributed by atoms with E-state index in [0.29, 0.717) is 11.5 Å². The summed E-state index contributed by atoms with van der Waals surface area (Å²) in [7, 11) is 0. The molecule has 0 saturated heterocycles. The molecular weight excluding hydrogens is 268 g/mol. The van der Waals surface area contributed by atoms with Crippen LogP contribution < -0.4 is 10.5 Å². The number of nitrogens with two attached hydrogens (primary N) is 1. The number of carbonyl (C=O) groups excluding carboxylic acids is 1. The summed E-state index contributed by atoms with van der Waals surface area (Å²) in [6.07, 6.45) is 1.31. The summed E-state index contributed by atoms with van der Waals surface area (Å²) >= 11 is 0. The van der Waals surface area contributed by atoms with Crippen molar-refractivity contribution in [1.29, 1.82) is 5.26 Å². The fourth-order valence-corrected chi connectivity index (χ4v) is 1.72. The topological polar surface area (TPSA) is 89.2 Å². The first-order chi connectivity index (χ1) is 10.1. The number of hydrogen-bond donors (Lipinski definition) is 1. The van der Waals surface area contributed by atoms with E-state index in [1.165, 1.54) is 6.08 Å². The molecule has 106 valence electrons. The van der Waals surface area contributed by atoms with Gasteiger partial charge >= 0.3 is 0 Å². The van der Waals surface area contributed by atoms with Gasteiger partial charge in [0, 0.05) is 6.08 Å². The third kappa shape index (κ3) is 3.74. The van der Waals surface area contributed by atoms with Gasteiger partial charge in [-0.25, -0.2) is 0 Å². The van der Waals surface area contributed by atoms with Gasteiger partial charge in [-0.3, -0.25) is 4.79 Å². The van der Waals surface area contributed by atoms with Crippen molar-refractivity contribution >= 4 is 12.0 Å². The second kappa shape index (κ2) is 6.44. The largest absolute Gasteiger partial charge is 0.485 e. The van der Waals surface area contributed by atoms with Crippen molar-refractivity contribution < 1.29 is 13.9 Å². The first kappa shape index (κ1) is 14.4. The summed E-state index contributed by atoms with van der Waals surface area (Å²) in [6, 6.07) is 12.8. The van der Waals surface area contributed by atoms with Crippen LogP contribution >= 0.6 is 0 Å². The van der Waals surface area contributed by atoms with Gasteiger partial charge in [0.05, 0.1) is 0 Å². The molecule has 0 aliphatic carbocycles. The lowest BCUT2D eigenvalue weighted by atomic mass is 10.2. The SMILES string of the molecule is Cc1ccccc1OCc1ccc(C=C(C#N)C(N)=O)o1. The minimum absolute atomic E-state index is 0.157. The Morgan fingerprint density at radius 3 is 2.81 bits per heavy atom. The van der Waals surface area contributed by atoms with E-state index in [9.17, 15) is 4.79 Å². The Morgan fingerprint density at radius 1 is 1.38 bits per heavy atom. The van der Waals surface area contributed by atoms with E-state index in [0.717, 1.165) is 11.3 Å². The number of para-hydroxylation sites is 1. The Hall–Kier alpha value is -3.00. The second-order valence-electron chi connectivity index (χ2n) is 4.39. The van der Waals surface area contributed by atoms with E-state index in [-0.39, 0.29) is 12.2 Å². The van der Waals surface area contributed by atoms with Crippen LogP contribution in [0.2, 0.25) is 0 Å². The van der Waals surface area contributed by atoms with Gasteiger partial charge in [-0.2, -0.15) is 5.26 Å². The van der Waals surface area contributed by atoms with Gasteiger partial charge in [0.25, 0.3) is 5.91 Å². The van der Waals surface area contributed by atoms with Crippen LogP contribution in [0.1, 0.15) is 17.1 Å². The number of furan rings is 1. The number of nitriles is 1. The molecule has 2 rings (SSSR count). The van der Waals surface area contributed by atoms with Crippen LogP contribution in [-0.2, 0) is 11.4 Å². The third-order valence-corrected chi connectivity index (χ3v) is 2.82. The van der Waals surface area contributed by atoms with Gasteiger partial charge in [-0.15, -0.1) is 0 Å². The predicted molar refractivity (Wildman–Crippen MR) is 77.0 cm³/mol. The van der Waals surface area contributed by atoms with Crippen molar-refractivity contribution in [2.24, 2.45) is 5.73 Å². The quantitative estimate of drug-likeness (QED) is 0.674. The molecule has 0 radical (unpaired) electrons. The molecule has 1 aromatic heterocycles. The molecule has 5 heteroatoms. The van der Waals surface area contributed by atoms with Gasteiger partial charge in [0.2, 0.25) is 0 Å². The predicted octanol–water partition coefficient (Wildman–Crippen LogP) is 2.56. The maximum atomic E-state index is 11.0. The molecule has 1 heterocycles. The lowest BCUT2D eigenvalue weighted by Crippen LogP contribution is -2.12. The van der Waals surface area contributed by atoms with Gasteiger partial charge in [-0.05, 0) is 30.7 Å². The molecule has 1 amide bonds. The number of nitrogens with zero attached hydrogens (tertiary/aromatic N) is 1. The zero-order valence-electron chi connectivity index (χ0n) is 11.5. The maximum Gasteiger partial charge on any atom is 0.259 e. The van der Waals surface area contributed by atoms with Crippen LogP contribution in [0.15, 0.2) is 46.4 Å². The van der Waals surface area contributed by atoms with Crippen molar-refractivity contribution in [1.82, 2.24) is 0 Å².